The summed E-state index contributed by atoms with van der Waals surface area (Å²) in [5.41, 5.74) is 5.74. The van der Waals surface area contributed by atoms with Crippen LogP contribution in [0.5, 0.6) is 0 Å². The molecule has 7 nitrogen and oxygen atoms in total. The molecule has 1 N–H and O–H groups in total. The van der Waals surface area contributed by atoms with Gasteiger partial charge < -0.3 is 5.32 Å². The normalized spacial score (nSPS) is 11.1. The Hall–Kier alpha value is -4.88. The maximum absolute atomic E-state index is 13.9. The highest BCUT2D eigenvalue weighted by Crippen LogP contribution is 2.32. The molecule has 0 saturated carbocycles. The average molecular weight is 547 g/mol. The minimum absolute atomic E-state index is 0. The predicted molar refractivity (Wildman–Crippen MR) is 165 cm³/mol. The first-order valence-corrected chi connectivity index (χ1v) is 13.5. The Labute approximate surface area is 240 Å². The van der Waals surface area contributed by atoms with Gasteiger partial charge in [-0.05, 0) is 47.0 Å². The second-order valence-corrected chi connectivity index (χ2v) is 10.3. The van der Waals surface area contributed by atoms with E-state index in [4.69, 9.17) is 0 Å². The van der Waals surface area contributed by atoms with Crippen LogP contribution in [0.15, 0.2) is 102 Å². The van der Waals surface area contributed by atoms with Crippen molar-refractivity contribution < 1.29 is 11.0 Å². The fourth-order valence-electron chi connectivity index (χ4n) is 5.18. The predicted octanol–water partition coefficient (Wildman–Crippen LogP) is 6.15. The largest absolute Gasteiger partial charge is 0.326 e. The van der Waals surface area contributed by atoms with E-state index in [1.807, 2.05) is 92.0 Å². The minimum Gasteiger partial charge on any atom is -0.326 e. The number of nitrogens with one attached hydrogen (secondary N) is 1. The smallest absolute Gasteiger partial charge is 0.282 e. The van der Waals surface area contributed by atoms with E-state index in [1.165, 1.54) is 13.8 Å². The summed E-state index contributed by atoms with van der Waals surface area (Å²) in [6.07, 6.45) is 0.481. The SMILES string of the molecule is CC(=O)Nc1ccc(-c2ccc3c(Cc4ccccc4)nn(C(C)=O)c(=O)c3c2CN(C)Cc2ccccc2)cc1.[HH]. The van der Waals surface area contributed by atoms with Crippen molar-refractivity contribution in [1.29, 1.82) is 0 Å². The molecular formula is C34H34N4O3. The zero-order valence-electron chi connectivity index (χ0n) is 23.4. The summed E-state index contributed by atoms with van der Waals surface area (Å²) in [4.78, 5) is 40.2. The molecule has 0 aliphatic heterocycles. The minimum atomic E-state index is -0.431. The number of fused-ring (bicyclic) bond motifs is 1. The van der Waals surface area contributed by atoms with Crippen LogP contribution in [0.2, 0.25) is 0 Å². The molecule has 1 aromatic heterocycles. The molecule has 208 valence electrons. The van der Waals surface area contributed by atoms with Gasteiger partial charge in [0.1, 0.15) is 0 Å². The van der Waals surface area contributed by atoms with Crippen LogP contribution in [0.3, 0.4) is 0 Å². The van der Waals surface area contributed by atoms with E-state index in [1.54, 1.807) is 0 Å². The van der Waals surface area contributed by atoms with Crippen molar-refractivity contribution in [1.82, 2.24) is 14.7 Å². The van der Waals surface area contributed by atoms with Gasteiger partial charge in [-0.15, -0.1) is 0 Å². The number of anilines is 1. The molecule has 7 heteroatoms. The molecule has 0 aliphatic rings. The van der Waals surface area contributed by atoms with Gasteiger partial charge in [0.05, 0.1) is 11.1 Å². The average Bonchev–Trinajstić information content (AvgIpc) is 2.95. The molecule has 1 heterocycles. The fraction of sp³-hybridized carbons (Fsp3) is 0.176. The number of hydrogen-bond acceptors (Lipinski definition) is 5. The third kappa shape index (κ3) is 6.31. The highest BCUT2D eigenvalue weighted by molar-refractivity contribution is 5.94. The highest BCUT2D eigenvalue weighted by Gasteiger charge is 2.21. The third-order valence-electron chi connectivity index (χ3n) is 7.00. The summed E-state index contributed by atoms with van der Waals surface area (Å²) in [5.74, 6) is -0.574. The zero-order chi connectivity index (χ0) is 28.9. The summed E-state index contributed by atoms with van der Waals surface area (Å²) in [6.45, 7) is 3.98. The Balaban J connectivity index is 0.00000405. The number of carbonyl (C=O) groups is 2. The van der Waals surface area contributed by atoms with Gasteiger partial charge in [-0.1, -0.05) is 84.9 Å². The molecule has 5 rings (SSSR count). The molecule has 0 fully saturated rings. The van der Waals surface area contributed by atoms with Crippen molar-refractivity contribution in [2.24, 2.45) is 0 Å². The van der Waals surface area contributed by atoms with Crippen LogP contribution in [0.1, 0.15) is 42.5 Å². The number of amides is 1. The van der Waals surface area contributed by atoms with Gasteiger partial charge in [-0.3, -0.25) is 19.3 Å². The van der Waals surface area contributed by atoms with Gasteiger partial charge in [0.2, 0.25) is 11.8 Å². The molecular weight excluding hydrogens is 512 g/mol. The molecule has 0 saturated heterocycles. The van der Waals surface area contributed by atoms with Gasteiger partial charge in [-0.25, -0.2) is 0 Å². The standard InChI is InChI=1S/C34H32N4O3.H2/c1-23(39)35-28-16-14-27(15-17-28)29-18-19-30-32(20-25-10-6-4-7-11-25)36-38(24(2)40)34(41)33(30)31(29)22-37(3)21-26-12-8-5-9-13-26;/h4-19H,20-22H2,1-3H3,(H,35,39);1H. The highest BCUT2D eigenvalue weighted by atomic mass is 16.2. The van der Waals surface area contributed by atoms with E-state index in [9.17, 15) is 14.4 Å². The maximum atomic E-state index is 13.9. The first-order valence-electron chi connectivity index (χ1n) is 13.5. The summed E-state index contributed by atoms with van der Waals surface area (Å²) in [5, 5.41) is 8.55. The Morgan fingerprint density at radius 3 is 2.07 bits per heavy atom. The summed E-state index contributed by atoms with van der Waals surface area (Å²) in [6, 6.07) is 31.6. The van der Waals surface area contributed by atoms with Crippen LogP contribution in [0.4, 0.5) is 5.69 Å². The van der Waals surface area contributed by atoms with Gasteiger partial charge in [-0.2, -0.15) is 9.78 Å². The Kier molecular flexibility index (Phi) is 8.17. The first-order chi connectivity index (χ1) is 19.8. The van der Waals surface area contributed by atoms with E-state index >= 15 is 0 Å². The summed E-state index contributed by atoms with van der Waals surface area (Å²) in [7, 11) is 2.02. The molecule has 0 unspecified atom stereocenters. The Morgan fingerprint density at radius 1 is 0.829 bits per heavy atom. The molecule has 0 spiro atoms. The molecule has 1 amide bonds. The number of carbonyl (C=O) groups excluding carboxylic acids is 2. The van der Waals surface area contributed by atoms with Crippen molar-refractivity contribution in [3.8, 4) is 11.1 Å². The number of hydrogen-bond donors (Lipinski definition) is 1. The summed E-state index contributed by atoms with van der Waals surface area (Å²) < 4.78 is 0.991. The van der Waals surface area contributed by atoms with Crippen molar-refractivity contribution in [2.75, 3.05) is 12.4 Å². The Morgan fingerprint density at radius 2 is 1.46 bits per heavy atom. The van der Waals surface area contributed by atoms with Crippen LogP contribution < -0.4 is 10.9 Å². The molecule has 0 bridgehead atoms. The number of aromatic nitrogens is 2. The summed E-state index contributed by atoms with van der Waals surface area (Å²) >= 11 is 0. The monoisotopic (exact) mass is 546 g/mol. The van der Waals surface area contributed by atoms with Crippen LogP contribution in [-0.2, 0) is 24.3 Å². The van der Waals surface area contributed by atoms with Crippen molar-refractivity contribution in [2.45, 2.75) is 33.4 Å². The molecule has 0 aliphatic carbocycles. The van der Waals surface area contributed by atoms with Crippen LogP contribution >= 0.6 is 0 Å². The second-order valence-electron chi connectivity index (χ2n) is 10.3. The zero-order valence-corrected chi connectivity index (χ0v) is 23.4. The molecule has 0 radical (unpaired) electrons. The molecule has 4 aromatic carbocycles. The van der Waals surface area contributed by atoms with E-state index in [-0.39, 0.29) is 7.33 Å². The fourth-order valence-corrected chi connectivity index (χ4v) is 5.18. The molecule has 41 heavy (non-hydrogen) atoms. The second kappa shape index (κ2) is 12.1. The number of rotatable bonds is 8. The lowest BCUT2D eigenvalue weighted by molar-refractivity contribution is -0.114. The lowest BCUT2D eigenvalue weighted by atomic mass is 9.92. The Bertz CT molecular complexity index is 1770. The van der Waals surface area contributed by atoms with E-state index < -0.39 is 11.5 Å². The molecule has 5 aromatic rings. The van der Waals surface area contributed by atoms with E-state index in [0.717, 1.165) is 37.9 Å². The van der Waals surface area contributed by atoms with Crippen molar-refractivity contribution >= 4 is 28.3 Å². The number of benzene rings is 4. The van der Waals surface area contributed by atoms with Crippen LogP contribution in [-0.4, -0.2) is 33.5 Å². The third-order valence-corrected chi connectivity index (χ3v) is 7.00. The van der Waals surface area contributed by atoms with E-state index in [2.05, 4.69) is 27.4 Å². The van der Waals surface area contributed by atoms with Gasteiger partial charge in [0.25, 0.3) is 5.56 Å². The van der Waals surface area contributed by atoms with Crippen LogP contribution in [0.25, 0.3) is 21.9 Å². The first kappa shape index (κ1) is 27.7. The lowest BCUT2D eigenvalue weighted by Gasteiger charge is -2.22. The number of nitrogens with zero attached hydrogens (tertiary/aromatic N) is 3. The van der Waals surface area contributed by atoms with Gasteiger partial charge >= 0.3 is 0 Å². The van der Waals surface area contributed by atoms with Gasteiger partial charge in [0, 0.05) is 45.9 Å². The van der Waals surface area contributed by atoms with E-state index in [0.29, 0.717) is 36.3 Å². The topological polar surface area (TPSA) is 84.3 Å². The van der Waals surface area contributed by atoms with Crippen molar-refractivity contribution in [3.05, 3.63) is 130 Å². The van der Waals surface area contributed by atoms with Crippen molar-refractivity contribution in [3.63, 3.8) is 0 Å². The maximum Gasteiger partial charge on any atom is 0.282 e. The van der Waals surface area contributed by atoms with Crippen LogP contribution in [0, 0.1) is 0 Å². The van der Waals surface area contributed by atoms with Gasteiger partial charge in [0.15, 0.2) is 0 Å². The molecule has 0 atom stereocenters. The lowest BCUT2D eigenvalue weighted by Crippen LogP contribution is -2.30. The quantitative estimate of drug-likeness (QED) is 0.252.